The van der Waals surface area contributed by atoms with Crippen LogP contribution in [0.2, 0.25) is 0 Å². The molecule has 0 aliphatic rings. The molecular weight excluding hydrogens is 206 g/mol. The summed E-state index contributed by atoms with van der Waals surface area (Å²) in [6.45, 7) is 3.92. The molecule has 0 saturated heterocycles. The molecule has 6 nitrogen and oxygen atoms in total. The van der Waals surface area contributed by atoms with E-state index in [2.05, 4.69) is 20.8 Å². The van der Waals surface area contributed by atoms with E-state index >= 15 is 0 Å². The molecule has 0 spiro atoms. The smallest absolute Gasteiger partial charge is 0.211 e. The zero-order valence-electron chi connectivity index (χ0n) is 9.01. The zero-order chi connectivity index (χ0) is 11.5. The van der Waals surface area contributed by atoms with Gasteiger partial charge in [-0.25, -0.2) is 4.68 Å². The van der Waals surface area contributed by atoms with E-state index in [1.165, 1.54) is 6.33 Å². The summed E-state index contributed by atoms with van der Waals surface area (Å²) in [5.41, 5.74) is 3.68. The van der Waals surface area contributed by atoms with Crippen molar-refractivity contribution in [3.8, 4) is 5.69 Å². The van der Waals surface area contributed by atoms with Gasteiger partial charge in [0.05, 0.1) is 5.69 Å². The number of rotatable bonds is 3. The SMILES string of the molecule is Cc1cc(-n2cnnn2)cc(NC=O)c1C. The van der Waals surface area contributed by atoms with Crippen LogP contribution < -0.4 is 5.32 Å². The molecule has 0 unspecified atom stereocenters. The number of nitrogens with one attached hydrogen (secondary N) is 1. The van der Waals surface area contributed by atoms with Crippen LogP contribution in [0.1, 0.15) is 11.1 Å². The molecule has 0 aliphatic carbocycles. The Morgan fingerprint density at radius 2 is 2.19 bits per heavy atom. The van der Waals surface area contributed by atoms with Crippen molar-refractivity contribution in [2.24, 2.45) is 0 Å². The summed E-state index contributed by atoms with van der Waals surface area (Å²) < 4.78 is 1.54. The van der Waals surface area contributed by atoms with Gasteiger partial charge in [0.2, 0.25) is 6.41 Å². The minimum Gasteiger partial charge on any atom is -0.328 e. The average molecular weight is 217 g/mol. The van der Waals surface area contributed by atoms with Crippen molar-refractivity contribution in [1.82, 2.24) is 20.2 Å². The molecule has 16 heavy (non-hydrogen) atoms. The Morgan fingerprint density at radius 3 is 2.81 bits per heavy atom. The number of hydrogen-bond acceptors (Lipinski definition) is 4. The van der Waals surface area contributed by atoms with Gasteiger partial charge in [-0.3, -0.25) is 4.79 Å². The Kier molecular flexibility index (Phi) is 2.63. The summed E-state index contributed by atoms with van der Waals surface area (Å²) in [6, 6.07) is 3.79. The predicted molar refractivity (Wildman–Crippen MR) is 58.3 cm³/mol. The molecule has 82 valence electrons. The molecule has 6 heteroatoms. The number of nitrogens with zero attached hydrogens (tertiary/aromatic N) is 4. The zero-order valence-corrected chi connectivity index (χ0v) is 9.01. The highest BCUT2D eigenvalue weighted by molar-refractivity contribution is 5.75. The molecule has 1 aromatic heterocycles. The minimum atomic E-state index is 0.658. The van der Waals surface area contributed by atoms with E-state index in [-0.39, 0.29) is 0 Å². The van der Waals surface area contributed by atoms with Crippen molar-refractivity contribution in [2.45, 2.75) is 13.8 Å². The van der Waals surface area contributed by atoms with Gasteiger partial charge in [-0.15, -0.1) is 5.10 Å². The number of hydrogen-bond donors (Lipinski definition) is 1. The van der Waals surface area contributed by atoms with E-state index in [9.17, 15) is 4.79 Å². The molecule has 0 bridgehead atoms. The fourth-order valence-corrected chi connectivity index (χ4v) is 1.47. The third kappa shape index (κ3) is 1.77. The maximum Gasteiger partial charge on any atom is 0.211 e. The van der Waals surface area contributed by atoms with Crippen molar-refractivity contribution < 1.29 is 4.79 Å². The molecule has 0 radical (unpaired) electrons. The van der Waals surface area contributed by atoms with Crippen LogP contribution in [-0.2, 0) is 4.79 Å². The first kappa shape index (κ1) is 10.3. The number of amides is 1. The van der Waals surface area contributed by atoms with Gasteiger partial charge in [0, 0.05) is 5.69 Å². The number of benzene rings is 1. The summed E-state index contributed by atoms with van der Waals surface area (Å²) in [5.74, 6) is 0. The molecule has 2 aromatic rings. The number of carbonyl (C=O) groups is 1. The molecule has 0 aliphatic heterocycles. The number of tetrazole rings is 1. The van der Waals surface area contributed by atoms with E-state index < -0.39 is 0 Å². The first-order valence-electron chi connectivity index (χ1n) is 4.77. The Morgan fingerprint density at radius 1 is 1.38 bits per heavy atom. The van der Waals surface area contributed by atoms with E-state index in [0.29, 0.717) is 6.41 Å². The third-order valence-corrected chi connectivity index (χ3v) is 2.48. The van der Waals surface area contributed by atoms with Crippen LogP contribution in [0.3, 0.4) is 0 Å². The Labute approximate surface area is 92.3 Å². The number of aromatic nitrogens is 4. The van der Waals surface area contributed by atoms with Crippen molar-refractivity contribution >= 4 is 12.1 Å². The largest absolute Gasteiger partial charge is 0.328 e. The highest BCUT2D eigenvalue weighted by Crippen LogP contribution is 2.22. The predicted octanol–water partition coefficient (Wildman–Crippen LogP) is 0.847. The lowest BCUT2D eigenvalue weighted by molar-refractivity contribution is -0.105. The summed E-state index contributed by atoms with van der Waals surface area (Å²) in [6.07, 6.45) is 2.17. The van der Waals surface area contributed by atoms with Crippen molar-refractivity contribution in [3.05, 3.63) is 29.6 Å². The number of anilines is 1. The van der Waals surface area contributed by atoms with E-state index in [1.807, 2.05) is 26.0 Å². The van der Waals surface area contributed by atoms with Gasteiger partial charge in [-0.2, -0.15) is 0 Å². The van der Waals surface area contributed by atoms with Crippen LogP contribution in [0.25, 0.3) is 5.69 Å². The normalized spacial score (nSPS) is 10.1. The second kappa shape index (κ2) is 4.09. The quantitative estimate of drug-likeness (QED) is 0.773. The topological polar surface area (TPSA) is 72.7 Å². The third-order valence-electron chi connectivity index (χ3n) is 2.48. The molecule has 1 N–H and O–H groups in total. The second-order valence-electron chi connectivity index (χ2n) is 3.45. The van der Waals surface area contributed by atoms with E-state index in [1.54, 1.807) is 4.68 Å². The molecule has 0 saturated carbocycles. The van der Waals surface area contributed by atoms with Gasteiger partial charge in [0.25, 0.3) is 0 Å². The maximum atomic E-state index is 10.5. The van der Waals surface area contributed by atoms with Crippen LogP contribution in [-0.4, -0.2) is 26.6 Å². The Bertz CT molecular complexity index is 506. The molecule has 2 rings (SSSR count). The van der Waals surface area contributed by atoms with Crippen molar-refractivity contribution in [2.75, 3.05) is 5.32 Å². The van der Waals surface area contributed by atoms with Gasteiger partial charge < -0.3 is 5.32 Å². The summed E-state index contributed by atoms with van der Waals surface area (Å²) in [5, 5.41) is 13.6. The van der Waals surface area contributed by atoms with Gasteiger partial charge in [-0.05, 0) is 47.5 Å². The Balaban J connectivity index is 2.52. The maximum absolute atomic E-state index is 10.5. The first-order valence-corrected chi connectivity index (χ1v) is 4.77. The monoisotopic (exact) mass is 217 g/mol. The lowest BCUT2D eigenvalue weighted by Crippen LogP contribution is -2.02. The van der Waals surface area contributed by atoms with Crippen LogP contribution in [0.15, 0.2) is 18.5 Å². The van der Waals surface area contributed by atoms with Crippen LogP contribution >= 0.6 is 0 Å². The van der Waals surface area contributed by atoms with Crippen molar-refractivity contribution in [3.63, 3.8) is 0 Å². The van der Waals surface area contributed by atoms with E-state index in [4.69, 9.17) is 0 Å². The summed E-state index contributed by atoms with van der Waals surface area (Å²) >= 11 is 0. The first-order chi connectivity index (χ1) is 7.72. The van der Waals surface area contributed by atoms with Crippen LogP contribution in [0.4, 0.5) is 5.69 Å². The Hall–Kier alpha value is -2.24. The average Bonchev–Trinajstić information content (AvgIpc) is 2.78. The highest BCUT2D eigenvalue weighted by atomic mass is 16.1. The highest BCUT2D eigenvalue weighted by Gasteiger charge is 2.06. The molecule has 1 aromatic carbocycles. The lowest BCUT2D eigenvalue weighted by Gasteiger charge is -2.10. The standard InChI is InChI=1S/C10H11N5O/c1-7-3-9(15-5-12-13-14-15)4-10(8(7)2)11-6-16/h3-6H,1-2H3,(H,11,16). The fourth-order valence-electron chi connectivity index (χ4n) is 1.47. The number of aryl methyl sites for hydroxylation is 1. The molecule has 1 amide bonds. The van der Waals surface area contributed by atoms with Gasteiger partial charge in [0.15, 0.2) is 0 Å². The van der Waals surface area contributed by atoms with E-state index in [0.717, 1.165) is 22.5 Å². The molecule has 0 atom stereocenters. The summed E-state index contributed by atoms with van der Waals surface area (Å²) in [7, 11) is 0. The van der Waals surface area contributed by atoms with Crippen LogP contribution in [0, 0.1) is 13.8 Å². The molecular formula is C10H11N5O. The van der Waals surface area contributed by atoms with Crippen molar-refractivity contribution in [1.29, 1.82) is 0 Å². The lowest BCUT2D eigenvalue weighted by atomic mass is 10.1. The minimum absolute atomic E-state index is 0.658. The van der Waals surface area contributed by atoms with Gasteiger partial charge in [0.1, 0.15) is 6.33 Å². The van der Waals surface area contributed by atoms with Gasteiger partial charge >= 0.3 is 0 Å². The van der Waals surface area contributed by atoms with Crippen LogP contribution in [0.5, 0.6) is 0 Å². The fraction of sp³-hybridized carbons (Fsp3) is 0.200. The summed E-state index contributed by atoms with van der Waals surface area (Å²) in [4.78, 5) is 10.5. The second-order valence-corrected chi connectivity index (χ2v) is 3.45. The number of carbonyl (C=O) groups excluding carboxylic acids is 1. The molecule has 0 fully saturated rings. The van der Waals surface area contributed by atoms with Gasteiger partial charge in [-0.1, -0.05) is 0 Å². The molecule has 1 heterocycles.